The van der Waals surface area contributed by atoms with Gasteiger partial charge in [-0.25, -0.2) is 0 Å². The lowest BCUT2D eigenvalue weighted by atomic mass is 10.0. The first-order chi connectivity index (χ1) is 41.0. The maximum atomic E-state index is 12.9. The maximum Gasteiger partial charge on any atom is 0.306 e. The van der Waals surface area contributed by atoms with E-state index in [4.69, 9.17) is 14.2 Å². The highest BCUT2D eigenvalue weighted by molar-refractivity contribution is 5.71. The fourth-order valence-corrected chi connectivity index (χ4v) is 9.79. The number of carbonyl (C=O) groups is 3. The molecule has 0 aliphatic carbocycles. The van der Waals surface area contributed by atoms with Gasteiger partial charge in [-0.15, -0.1) is 0 Å². The number of hydrogen-bond donors (Lipinski definition) is 0. The molecule has 0 radical (unpaired) electrons. The van der Waals surface area contributed by atoms with Crippen molar-refractivity contribution in [2.45, 2.75) is 335 Å². The van der Waals surface area contributed by atoms with Crippen molar-refractivity contribution in [3.8, 4) is 0 Å². The van der Waals surface area contributed by atoms with Gasteiger partial charge in [-0.1, -0.05) is 322 Å². The Labute approximate surface area is 513 Å². The molecule has 6 heteroatoms. The Morgan fingerprint density at radius 3 is 0.735 bits per heavy atom. The Balaban J connectivity index is 4.11. The zero-order valence-corrected chi connectivity index (χ0v) is 54.4. The summed E-state index contributed by atoms with van der Waals surface area (Å²) in [5, 5.41) is 0. The third kappa shape index (κ3) is 68.5. The molecule has 83 heavy (non-hydrogen) atoms. The van der Waals surface area contributed by atoms with Gasteiger partial charge in [0, 0.05) is 19.3 Å². The van der Waals surface area contributed by atoms with Crippen LogP contribution in [0.4, 0.5) is 0 Å². The molecule has 0 saturated carbocycles. The maximum absolute atomic E-state index is 12.9. The van der Waals surface area contributed by atoms with E-state index in [1.165, 1.54) is 161 Å². The fraction of sp³-hybridized carbons (Fsp3) is 0.701. The first-order valence-electron chi connectivity index (χ1n) is 35.0. The Morgan fingerprint density at radius 1 is 0.253 bits per heavy atom. The summed E-state index contributed by atoms with van der Waals surface area (Å²) in [6.07, 6.45) is 98.1. The minimum atomic E-state index is -0.782. The van der Waals surface area contributed by atoms with Gasteiger partial charge < -0.3 is 14.2 Å². The molecule has 0 spiro atoms. The average molecular weight is 1150 g/mol. The second-order valence-electron chi connectivity index (χ2n) is 23.0. The minimum Gasteiger partial charge on any atom is -0.462 e. The van der Waals surface area contributed by atoms with Crippen LogP contribution in [0.15, 0.2) is 122 Å². The lowest BCUT2D eigenvalue weighted by molar-refractivity contribution is -0.167. The van der Waals surface area contributed by atoms with E-state index >= 15 is 0 Å². The summed E-state index contributed by atoms with van der Waals surface area (Å²) in [6, 6.07) is 0. The van der Waals surface area contributed by atoms with Crippen LogP contribution in [0.5, 0.6) is 0 Å². The molecule has 0 aliphatic rings. The second kappa shape index (κ2) is 70.3. The summed E-state index contributed by atoms with van der Waals surface area (Å²) in [5.41, 5.74) is 0. The SMILES string of the molecule is CC/C=C\C/C=C\C/C=C\C/C=C\C/C=C\C/C=C\CCCCCCCCCCCCCCCCCCC(=O)OCC(COC(=O)CCCCCCCCCCC)OC(=O)CCCCCCCCCC/C=C\C/C=C\C/C=C\C/C=C\CC. The summed E-state index contributed by atoms with van der Waals surface area (Å²) >= 11 is 0. The molecular weight excluding hydrogens is 1020 g/mol. The smallest absolute Gasteiger partial charge is 0.306 e. The number of esters is 3. The molecule has 0 heterocycles. The van der Waals surface area contributed by atoms with Crippen LogP contribution in [0.3, 0.4) is 0 Å². The average Bonchev–Trinajstić information content (AvgIpc) is 3.49. The predicted molar refractivity (Wildman–Crippen MR) is 362 cm³/mol. The lowest BCUT2D eigenvalue weighted by Crippen LogP contribution is -2.30. The van der Waals surface area contributed by atoms with Crippen molar-refractivity contribution < 1.29 is 28.6 Å². The van der Waals surface area contributed by atoms with Crippen LogP contribution in [0.25, 0.3) is 0 Å². The van der Waals surface area contributed by atoms with Gasteiger partial charge in [0.15, 0.2) is 6.10 Å². The van der Waals surface area contributed by atoms with Crippen LogP contribution in [0.1, 0.15) is 329 Å². The van der Waals surface area contributed by atoms with Gasteiger partial charge in [-0.3, -0.25) is 14.4 Å². The molecule has 0 N–H and O–H groups in total. The normalized spacial score (nSPS) is 12.9. The van der Waals surface area contributed by atoms with E-state index in [0.29, 0.717) is 19.3 Å². The Bertz CT molecular complexity index is 1700. The van der Waals surface area contributed by atoms with Crippen molar-refractivity contribution in [3.63, 3.8) is 0 Å². The van der Waals surface area contributed by atoms with Crippen LogP contribution in [0.2, 0.25) is 0 Å². The van der Waals surface area contributed by atoms with Crippen molar-refractivity contribution in [1.29, 1.82) is 0 Å². The third-order valence-corrected chi connectivity index (χ3v) is 15.0. The molecule has 0 aliphatic heterocycles. The number of hydrogen-bond acceptors (Lipinski definition) is 6. The summed E-state index contributed by atoms with van der Waals surface area (Å²) in [6.45, 7) is 6.41. The van der Waals surface area contributed by atoms with Gasteiger partial charge in [0.25, 0.3) is 0 Å². The molecule has 0 saturated heterocycles. The summed E-state index contributed by atoms with van der Waals surface area (Å²) in [7, 11) is 0. The summed E-state index contributed by atoms with van der Waals surface area (Å²) < 4.78 is 16.9. The van der Waals surface area contributed by atoms with Crippen LogP contribution in [-0.4, -0.2) is 37.2 Å². The highest BCUT2D eigenvalue weighted by atomic mass is 16.6. The molecule has 0 bridgehead atoms. The van der Waals surface area contributed by atoms with E-state index in [2.05, 4.69) is 142 Å². The zero-order valence-electron chi connectivity index (χ0n) is 54.4. The highest BCUT2D eigenvalue weighted by Gasteiger charge is 2.19. The third-order valence-electron chi connectivity index (χ3n) is 15.0. The Hall–Kier alpha value is -4.19. The molecule has 0 aromatic carbocycles. The molecule has 0 fully saturated rings. The largest absolute Gasteiger partial charge is 0.462 e. The van der Waals surface area contributed by atoms with Crippen LogP contribution in [-0.2, 0) is 28.6 Å². The fourth-order valence-electron chi connectivity index (χ4n) is 9.79. The second-order valence-corrected chi connectivity index (χ2v) is 23.0. The van der Waals surface area contributed by atoms with Gasteiger partial charge in [0.05, 0.1) is 0 Å². The first-order valence-corrected chi connectivity index (χ1v) is 35.0. The van der Waals surface area contributed by atoms with Crippen LogP contribution in [0, 0.1) is 0 Å². The lowest BCUT2D eigenvalue weighted by Gasteiger charge is -2.18. The molecular formula is C77H130O6. The molecule has 0 amide bonds. The standard InChI is InChI=1S/C77H130O6/c1-4-7-10-13-16-19-21-23-25-27-29-31-32-33-34-35-36-37-38-39-40-41-42-43-44-46-47-49-51-53-55-58-61-64-67-70-76(79)82-73-74(72-81-75(78)69-66-63-60-57-18-15-12-9-6-3)83-77(80)71-68-65-62-59-56-54-52-50-48-45-30-28-26-24-22-20-17-14-11-8-5-2/h7-8,10-11,16-17,19-20,23-26,29-31,33-34,36-37,45,74H,4-6,9,12-15,18,21-22,27-28,32,35,38-44,46-73H2,1-3H3/b10-7-,11-8-,19-16-,20-17-,25-23-,26-24-,31-29-,34-33-,37-36-,45-30-. The van der Waals surface area contributed by atoms with E-state index in [1.807, 2.05) is 0 Å². The molecule has 1 atom stereocenters. The van der Waals surface area contributed by atoms with Gasteiger partial charge in [0.2, 0.25) is 0 Å². The Morgan fingerprint density at radius 2 is 0.470 bits per heavy atom. The quantitative estimate of drug-likeness (QED) is 0.0261. The van der Waals surface area contributed by atoms with E-state index < -0.39 is 6.10 Å². The molecule has 0 aromatic rings. The molecule has 6 nitrogen and oxygen atoms in total. The van der Waals surface area contributed by atoms with Crippen molar-refractivity contribution in [1.82, 2.24) is 0 Å². The van der Waals surface area contributed by atoms with Crippen molar-refractivity contribution >= 4 is 17.9 Å². The van der Waals surface area contributed by atoms with Crippen molar-refractivity contribution in [3.05, 3.63) is 122 Å². The van der Waals surface area contributed by atoms with E-state index in [1.54, 1.807) is 0 Å². The molecule has 0 aromatic heterocycles. The van der Waals surface area contributed by atoms with E-state index in [9.17, 15) is 14.4 Å². The number of allylic oxidation sites excluding steroid dienone is 20. The van der Waals surface area contributed by atoms with Crippen LogP contribution < -0.4 is 0 Å². The van der Waals surface area contributed by atoms with Gasteiger partial charge in [-0.05, 0) is 109 Å². The van der Waals surface area contributed by atoms with Crippen LogP contribution >= 0.6 is 0 Å². The number of ether oxygens (including phenoxy) is 3. The van der Waals surface area contributed by atoms with E-state index in [-0.39, 0.29) is 31.1 Å². The molecule has 0 rings (SSSR count). The zero-order chi connectivity index (χ0) is 59.9. The van der Waals surface area contributed by atoms with E-state index in [0.717, 1.165) is 128 Å². The number of carbonyl (C=O) groups excluding carboxylic acids is 3. The highest BCUT2D eigenvalue weighted by Crippen LogP contribution is 2.17. The molecule has 474 valence electrons. The summed E-state index contributed by atoms with van der Waals surface area (Å²) in [5.74, 6) is -0.878. The first kappa shape index (κ1) is 78.8. The summed E-state index contributed by atoms with van der Waals surface area (Å²) in [4.78, 5) is 38.3. The van der Waals surface area contributed by atoms with Gasteiger partial charge in [0.1, 0.15) is 13.2 Å². The van der Waals surface area contributed by atoms with Crippen molar-refractivity contribution in [2.75, 3.05) is 13.2 Å². The number of unbranched alkanes of at least 4 members (excludes halogenated alkanes) is 32. The van der Waals surface area contributed by atoms with Crippen molar-refractivity contribution in [2.24, 2.45) is 0 Å². The number of rotatable bonds is 63. The monoisotopic (exact) mass is 1150 g/mol. The molecule has 1 unspecified atom stereocenters. The minimum absolute atomic E-state index is 0.0785. The topological polar surface area (TPSA) is 78.9 Å². The van der Waals surface area contributed by atoms with Gasteiger partial charge >= 0.3 is 17.9 Å². The predicted octanol–water partition coefficient (Wildman–Crippen LogP) is 24.3. The Kier molecular flexibility index (Phi) is 66.7. The van der Waals surface area contributed by atoms with Gasteiger partial charge in [-0.2, -0.15) is 0 Å².